The first-order valence-corrected chi connectivity index (χ1v) is 7.04. The summed E-state index contributed by atoms with van der Waals surface area (Å²) in [7, 11) is 1.60. The third-order valence-electron chi connectivity index (χ3n) is 2.72. The summed E-state index contributed by atoms with van der Waals surface area (Å²) in [5.74, 6) is 1.22. The second-order valence-electron chi connectivity index (χ2n) is 4.45. The molecule has 0 fully saturated rings. The number of rotatable bonds is 11. The molecule has 0 spiro atoms. The van der Waals surface area contributed by atoms with E-state index in [1.54, 1.807) is 13.2 Å². The lowest BCUT2D eigenvalue weighted by molar-refractivity contribution is -0.00456. The summed E-state index contributed by atoms with van der Waals surface area (Å²) >= 11 is 0. The topological polar surface area (TPSA) is 83.2 Å². The summed E-state index contributed by atoms with van der Waals surface area (Å²) in [6, 6.07) is 5.52. The molecule has 1 aromatic carbocycles. The molecule has 1 unspecified atom stereocenters. The van der Waals surface area contributed by atoms with E-state index in [1.165, 1.54) is 0 Å². The third-order valence-corrected chi connectivity index (χ3v) is 2.72. The van der Waals surface area contributed by atoms with E-state index in [2.05, 4.69) is 0 Å². The molecule has 0 aliphatic rings. The molecule has 0 bridgehead atoms. The Labute approximate surface area is 125 Å². The van der Waals surface area contributed by atoms with Crippen molar-refractivity contribution in [3.8, 4) is 11.5 Å². The molecule has 0 aromatic heterocycles. The quantitative estimate of drug-likeness (QED) is 0.592. The molecule has 1 atom stereocenters. The number of aliphatic hydroxyl groups excluding tert-OH is 1. The minimum atomic E-state index is -0.703. The van der Waals surface area contributed by atoms with Crippen molar-refractivity contribution < 1.29 is 24.1 Å². The normalized spacial score (nSPS) is 12.2. The van der Waals surface area contributed by atoms with E-state index in [1.807, 2.05) is 19.1 Å². The van der Waals surface area contributed by atoms with Gasteiger partial charge in [-0.25, -0.2) is 0 Å². The summed E-state index contributed by atoms with van der Waals surface area (Å²) in [6.45, 7) is 4.16. The van der Waals surface area contributed by atoms with E-state index in [4.69, 9.17) is 24.7 Å². The SMILES string of the molecule is CCOc1cc(CN)ccc1OCC(O)COCCOC. The zero-order valence-electron chi connectivity index (χ0n) is 12.7. The lowest BCUT2D eigenvalue weighted by Gasteiger charge is -2.16. The number of hydrogen-bond donors (Lipinski definition) is 2. The zero-order chi connectivity index (χ0) is 15.5. The number of benzene rings is 1. The lowest BCUT2D eigenvalue weighted by Crippen LogP contribution is -2.24. The molecule has 0 aliphatic heterocycles. The van der Waals surface area contributed by atoms with Crippen molar-refractivity contribution in [2.24, 2.45) is 5.73 Å². The zero-order valence-corrected chi connectivity index (χ0v) is 12.7. The Hall–Kier alpha value is -1.34. The standard InChI is InChI=1S/C15H25NO5/c1-3-20-15-8-12(9-16)4-5-14(15)21-11-13(17)10-19-7-6-18-2/h4-5,8,13,17H,3,6-7,9-11,16H2,1-2H3. The Morgan fingerprint density at radius 2 is 1.95 bits per heavy atom. The van der Waals surface area contributed by atoms with Gasteiger partial charge in [0.05, 0.1) is 26.4 Å². The Balaban J connectivity index is 2.46. The minimum absolute atomic E-state index is 0.134. The van der Waals surface area contributed by atoms with E-state index in [0.29, 0.717) is 37.9 Å². The first kappa shape index (κ1) is 17.7. The average molecular weight is 299 g/mol. The fourth-order valence-corrected chi connectivity index (χ4v) is 1.66. The molecule has 6 nitrogen and oxygen atoms in total. The van der Waals surface area contributed by atoms with Gasteiger partial charge in [0.2, 0.25) is 0 Å². The Bertz CT molecular complexity index is 400. The number of hydrogen-bond acceptors (Lipinski definition) is 6. The van der Waals surface area contributed by atoms with Crippen LogP contribution in [0.2, 0.25) is 0 Å². The lowest BCUT2D eigenvalue weighted by atomic mass is 10.2. The number of methoxy groups -OCH3 is 1. The molecular formula is C15H25NO5. The summed E-state index contributed by atoms with van der Waals surface area (Å²) in [5.41, 5.74) is 6.57. The maximum atomic E-state index is 9.78. The van der Waals surface area contributed by atoms with Crippen molar-refractivity contribution in [1.29, 1.82) is 0 Å². The molecule has 0 radical (unpaired) electrons. The van der Waals surface area contributed by atoms with Gasteiger partial charge < -0.3 is 29.8 Å². The van der Waals surface area contributed by atoms with Crippen LogP contribution < -0.4 is 15.2 Å². The van der Waals surface area contributed by atoms with Crippen LogP contribution in [0, 0.1) is 0 Å². The van der Waals surface area contributed by atoms with Crippen LogP contribution in [0.4, 0.5) is 0 Å². The van der Waals surface area contributed by atoms with Gasteiger partial charge in [0, 0.05) is 13.7 Å². The van der Waals surface area contributed by atoms with Crippen molar-refractivity contribution >= 4 is 0 Å². The first-order valence-electron chi connectivity index (χ1n) is 7.04. The van der Waals surface area contributed by atoms with Gasteiger partial charge in [0.1, 0.15) is 12.7 Å². The first-order chi connectivity index (χ1) is 10.2. The van der Waals surface area contributed by atoms with Gasteiger partial charge in [-0.15, -0.1) is 0 Å². The third kappa shape index (κ3) is 6.77. The Morgan fingerprint density at radius 1 is 1.14 bits per heavy atom. The maximum Gasteiger partial charge on any atom is 0.161 e. The van der Waals surface area contributed by atoms with E-state index in [0.717, 1.165) is 5.56 Å². The van der Waals surface area contributed by atoms with Crippen LogP contribution in [0.25, 0.3) is 0 Å². The molecule has 0 aliphatic carbocycles. The van der Waals surface area contributed by atoms with Gasteiger partial charge >= 0.3 is 0 Å². The highest BCUT2D eigenvalue weighted by atomic mass is 16.5. The number of ether oxygens (including phenoxy) is 4. The maximum absolute atomic E-state index is 9.78. The van der Waals surface area contributed by atoms with Crippen molar-refractivity contribution in [2.75, 3.05) is 40.1 Å². The fourth-order valence-electron chi connectivity index (χ4n) is 1.66. The second-order valence-corrected chi connectivity index (χ2v) is 4.45. The highest BCUT2D eigenvalue weighted by Crippen LogP contribution is 2.28. The van der Waals surface area contributed by atoms with Gasteiger partial charge in [-0.2, -0.15) is 0 Å². The van der Waals surface area contributed by atoms with Gasteiger partial charge in [0.25, 0.3) is 0 Å². The van der Waals surface area contributed by atoms with Gasteiger partial charge in [-0.3, -0.25) is 0 Å². The molecule has 0 amide bonds. The second kappa shape index (κ2) is 10.4. The molecule has 1 aromatic rings. The van der Waals surface area contributed by atoms with Crippen molar-refractivity contribution in [2.45, 2.75) is 19.6 Å². The van der Waals surface area contributed by atoms with Crippen molar-refractivity contribution in [1.82, 2.24) is 0 Å². The molecule has 3 N–H and O–H groups in total. The molecule has 6 heteroatoms. The van der Waals surface area contributed by atoms with Crippen LogP contribution in [0.15, 0.2) is 18.2 Å². The van der Waals surface area contributed by atoms with E-state index >= 15 is 0 Å². The predicted molar refractivity (Wildman–Crippen MR) is 79.7 cm³/mol. The predicted octanol–water partition coefficient (Wildman–Crippen LogP) is 0.947. The van der Waals surface area contributed by atoms with Crippen LogP contribution >= 0.6 is 0 Å². The van der Waals surface area contributed by atoms with Gasteiger partial charge in [0.15, 0.2) is 11.5 Å². The molecule has 0 saturated carbocycles. The fraction of sp³-hybridized carbons (Fsp3) is 0.600. The molecule has 0 heterocycles. The summed E-state index contributed by atoms with van der Waals surface area (Å²) < 4.78 is 21.2. The van der Waals surface area contributed by atoms with Crippen molar-refractivity contribution in [3.05, 3.63) is 23.8 Å². The molecule has 120 valence electrons. The van der Waals surface area contributed by atoms with E-state index < -0.39 is 6.10 Å². The largest absolute Gasteiger partial charge is 0.490 e. The highest BCUT2D eigenvalue weighted by molar-refractivity contribution is 5.43. The molecular weight excluding hydrogens is 274 g/mol. The number of nitrogens with two attached hydrogens (primary N) is 1. The minimum Gasteiger partial charge on any atom is -0.490 e. The van der Waals surface area contributed by atoms with Crippen LogP contribution in [-0.4, -0.2) is 51.4 Å². The molecule has 0 saturated heterocycles. The van der Waals surface area contributed by atoms with Gasteiger partial charge in [-0.1, -0.05) is 6.07 Å². The summed E-state index contributed by atoms with van der Waals surface area (Å²) in [4.78, 5) is 0. The average Bonchev–Trinajstić information content (AvgIpc) is 2.50. The van der Waals surface area contributed by atoms with Crippen molar-refractivity contribution in [3.63, 3.8) is 0 Å². The molecule has 1 rings (SSSR count). The van der Waals surface area contributed by atoms with Crippen LogP contribution in [0.5, 0.6) is 11.5 Å². The van der Waals surface area contributed by atoms with E-state index in [9.17, 15) is 5.11 Å². The monoisotopic (exact) mass is 299 g/mol. The Kier molecular flexibility index (Phi) is 8.77. The summed E-state index contributed by atoms with van der Waals surface area (Å²) in [6.07, 6.45) is -0.703. The van der Waals surface area contributed by atoms with Gasteiger partial charge in [-0.05, 0) is 24.6 Å². The van der Waals surface area contributed by atoms with E-state index in [-0.39, 0.29) is 13.2 Å². The molecule has 21 heavy (non-hydrogen) atoms. The van der Waals surface area contributed by atoms with Crippen LogP contribution in [0.1, 0.15) is 12.5 Å². The Morgan fingerprint density at radius 3 is 2.62 bits per heavy atom. The number of aliphatic hydroxyl groups is 1. The summed E-state index contributed by atoms with van der Waals surface area (Å²) in [5, 5.41) is 9.78. The van der Waals surface area contributed by atoms with Crippen LogP contribution in [-0.2, 0) is 16.0 Å². The smallest absolute Gasteiger partial charge is 0.161 e. The highest BCUT2D eigenvalue weighted by Gasteiger charge is 2.10. The van der Waals surface area contributed by atoms with Crippen LogP contribution in [0.3, 0.4) is 0 Å².